The zero-order valence-corrected chi connectivity index (χ0v) is 18.4. The molecule has 1 saturated carbocycles. The Bertz CT molecular complexity index is 1530. The Kier molecular flexibility index (Phi) is 3.17. The molecular weight excluding hydrogens is 434 g/mol. The van der Waals surface area contributed by atoms with E-state index in [1.807, 2.05) is 35.2 Å². The molecule has 9 heteroatoms. The highest BCUT2D eigenvalue weighted by atomic mass is 16.5. The average molecular weight is 455 g/mol. The molecule has 3 fully saturated rings. The average Bonchev–Trinajstić information content (AvgIpc) is 3.56. The molecule has 9 rings (SSSR count). The van der Waals surface area contributed by atoms with Crippen molar-refractivity contribution >= 4 is 28.4 Å². The van der Waals surface area contributed by atoms with E-state index >= 15 is 0 Å². The maximum Gasteiger partial charge on any atom is 0.262 e. The number of rotatable bonds is 0. The van der Waals surface area contributed by atoms with Crippen molar-refractivity contribution in [1.82, 2.24) is 19.8 Å². The van der Waals surface area contributed by atoms with Gasteiger partial charge in [0.25, 0.3) is 5.56 Å². The molecule has 2 bridgehead atoms. The van der Waals surface area contributed by atoms with Crippen LogP contribution >= 0.6 is 0 Å². The van der Waals surface area contributed by atoms with Gasteiger partial charge >= 0.3 is 0 Å². The zero-order valence-electron chi connectivity index (χ0n) is 18.4. The van der Waals surface area contributed by atoms with Crippen molar-refractivity contribution in [3.05, 3.63) is 70.3 Å². The highest BCUT2D eigenvalue weighted by molar-refractivity contribution is 6.07. The standard InChI is InChI=1S/C25H21N5O4/c1-28-20(32)17-12-25(34-21(28)18-26-15-8-4-2-6-13(15)19(31)29(17)18)14-7-3-5-9-16(14)30-22(25)27-24(10-11-24)23(30)33/h2-9,17,21-22,27H,10-12H2,1H3. The summed E-state index contributed by atoms with van der Waals surface area (Å²) in [7, 11) is 1.69. The number of nitrogens with zero attached hydrogens (tertiary/aromatic N) is 4. The van der Waals surface area contributed by atoms with Crippen LogP contribution in [0.15, 0.2) is 53.3 Å². The minimum absolute atomic E-state index is 0.0558. The van der Waals surface area contributed by atoms with E-state index in [9.17, 15) is 14.4 Å². The number of hydrogen-bond donors (Lipinski definition) is 1. The monoisotopic (exact) mass is 455 g/mol. The number of aromatic nitrogens is 2. The first kappa shape index (κ1) is 18.8. The lowest BCUT2D eigenvalue weighted by Gasteiger charge is -2.37. The number of likely N-dealkylation sites (N-methyl/N-ethyl adjacent to an activating group) is 1. The second-order valence-electron chi connectivity index (χ2n) is 10.0. The van der Waals surface area contributed by atoms with E-state index in [-0.39, 0.29) is 23.8 Å². The summed E-state index contributed by atoms with van der Waals surface area (Å²) in [5.41, 5.74) is 0.450. The number of amides is 2. The van der Waals surface area contributed by atoms with E-state index in [1.165, 1.54) is 4.57 Å². The molecule has 2 amide bonds. The van der Waals surface area contributed by atoms with Crippen LogP contribution in [0.5, 0.6) is 0 Å². The molecule has 3 aromatic rings. The van der Waals surface area contributed by atoms with Gasteiger partial charge in [-0.2, -0.15) is 0 Å². The largest absolute Gasteiger partial charge is 0.336 e. The van der Waals surface area contributed by atoms with Crippen LogP contribution in [0.4, 0.5) is 5.69 Å². The maximum atomic E-state index is 13.6. The molecular formula is C25H21N5O4. The van der Waals surface area contributed by atoms with Gasteiger partial charge in [0.2, 0.25) is 11.8 Å². The number of hydrogen-bond acceptors (Lipinski definition) is 6. The Labute approximate surface area is 193 Å². The molecule has 34 heavy (non-hydrogen) atoms. The highest BCUT2D eigenvalue weighted by Crippen LogP contribution is 2.59. The van der Waals surface area contributed by atoms with Gasteiger partial charge in [0.1, 0.15) is 23.3 Å². The van der Waals surface area contributed by atoms with Gasteiger partial charge in [0.15, 0.2) is 12.1 Å². The van der Waals surface area contributed by atoms with Gasteiger partial charge in [-0.05, 0) is 31.0 Å². The van der Waals surface area contributed by atoms with E-state index in [2.05, 4.69) is 5.32 Å². The Morgan fingerprint density at radius 1 is 1.06 bits per heavy atom. The van der Waals surface area contributed by atoms with Crippen molar-refractivity contribution < 1.29 is 14.3 Å². The van der Waals surface area contributed by atoms with Gasteiger partial charge in [-0.3, -0.25) is 29.2 Å². The topological polar surface area (TPSA) is 96.8 Å². The summed E-state index contributed by atoms with van der Waals surface area (Å²) in [6, 6.07) is 14.1. The van der Waals surface area contributed by atoms with Crippen LogP contribution in [0.1, 0.15) is 42.9 Å². The van der Waals surface area contributed by atoms with E-state index in [1.54, 1.807) is 30.1 Å². The summed E-state index contributed by atoms with van der Waals surface area (Å²) in [5.74, 6) is 0.296. The fraction of sp³-hybridized carbons (Fsp3) is 0.360. The number of carbonyl (C=O) groups is 2. The SMILES string of the molecule is CN1C(=O)C2CC3(OC1c1nc4ccccc4c(=O)n12)c1ccccc1N1C(=O)C2(CC2)NC13. The van der Waals surface area contributed by atoms with Crippen LogP contribution in [0.2, 0.25) is 0 Å². The lowest BCUT2D eigenvalue weighted by molar-refractivity contribution is -0.169. The second-order valence-corrected chi connectivity index (χ2v) is 10.0. The number of para-hydroxylation sites is 2. The molecule has 0 radical (unpaired) electrons. The smallest absolute Gasteiger partial charge is 0.262 e. The minimum Gasteiger partial charge on any atom is -0.336 e. The van der Waals surface area contributed by atoms with E-state index in [0.717, 1.165) is 24.1 Å². The first-order valence-electron chi connectivity index (χ1n) is 11.6. The molecule has 2 saturated heterocycles. The summed E-state index contributed by atoms with van der Waals surface area (Å²) < 4.78 is 8.43. The summed E-state index contributed by atoms with van der Waals surface area (Å²) in [6.45, 7) is 0. The molecule has 2 aromatic carbocycles. The summed E-state index contributed by atoms with van der Waals surface area (Å²) in [5, 5.41) is 4.05. The number of benzene rings is 2. The summed E-state index contributed by atoms with van der Waals surface area (Å²) in [4.78, 5) is 48.8. The third-order valence-corrected chi connectivity index (χ3v) is 8.28. The van der Waals surface area contributed by atoms with Crippen molar-refractivity contribution in [2.75, 3.05) is 11.9 Å². The van der Waals surface area contributed by atoms with E-state index in [4.69, 9.17) is 9.72 Å². The van der Waals surface area contributed by atoms with E-state index in [0.29, 0.717) is 16.7 Å². The van der Waals surface area contributed by atoms with Gasteiger partial charge in [-0.25, -0.2) is 4.98 Å². The van der Waals surface area contributed by atoms with Crippen LogP contribution in [0, 0.1) is 0 Å². The number of anilines is 1. The van der Waals surface area contributed by atoms with Crippen molar-refractivity contribution in [3.63, 3.8) is 0 Å². The molecule has 4 atom stereocenters. The van der Waals surface area contributed by atoms with Gasteiger partial charge < -0.3 is 9.64 Å². The van der Waals surface area contributed by atoms with Crippen LogP contribution in [0.25, 0.3) is 10.9 Å². The highest BCUT2D eigenvalue weighted by Gasteiger charge is 2.70. The number of carbonyl (C=O) groups excluding carboxylic acids is 2. The normalized spacial score (nSPS) is 31.9. The van der Waals surface area contributed by atoms with Crippen LogP contribution in [-0.4, -0.2) is 45.0 Å². The first-order valence-corrected chi connectivity index (χ1v) is 11.6. The third-order valence-electron chi connectivity index (χ3n) is 8.28. The lowest BCUT2D eigenvalue weighted by atomic mass is 9.86. The van der Waals surface area contributed by atoms with Crippen molar-refractivity contribution in [3.8, 4) is 0 Å². The second kappa shape index (κ2) is 5.73. The van der Waals surface area contributed by atoms with Crippen LogP contribution in [-0.2, 0) is 19.9 Å². The molecule has 1 N–H and O–H groups in total. The first-order chi connectivity index (χ1) is 16.5. The summed E-state index contributed by atoms with van der Waals surface area (Å²) >= 11 is 0. The maximum absolute atomic E-state index is 13.6. The third kappa shape index (κ3) is 1.96. The Morgan fingerprint density at radius 2 is 1.82 bits per heavy atom. The van der Waals surface area contributed by atoms with Crippen molar-refractivity contribution in [2.45, 2.75) is 48.8 Å². The summed E-state index contributed by atoms with van der Waals surface area (Å²) in [6.07, 6.45) is 0.492. The van der Waals surface area contributed by atoms with Gasteiger partial charge in [0.05, 0.1) is 16.6 Å². The Morgan fingerprint density at radius 3 is 2.65 bits per heavy atom. The molecule has 1 aromatic heterocycles. The fourth-order valence-electron chi connectivity index (χ4n) is 6.45. The molecule has 5 aliphatic heterocycles. The Hall–Kier alpha value is -3.56. The molecule has 6 aliphatic rings. The molecule has 2 spiro atoms. The minimum atomic E-state index is -1.000. The lowest BCUT2D eigenvalue weighted by Crippen LogP contribution is -2.51. The fourth-order valence-corrected chi connectivity index (χ4v) is 6.45. The molecule has 9 nitrogen and oxygen atoms in total. The molecule has 4 unspecified atom stereocenters. The Balaban J connectivity index is 1.40. The van der Waals surface area contributed by atoms with Gasteiger partial charge in [-0.1, -0.05) is 30.3 Å². The van der Waals surface area contributed by atoms with Crippen molar-refractivity contribution in [1.29, 1.82) is 0 Å². The predicted molar refractivity (Wildman–Crippen MR) is 121 cm³/mol. The van der Waals surface area contributed by atoms with Crippen LogP contribution in [0.3, 0.4) is 0 Å². The molecule has 1 aliphatic carbocycles. The molecule has 6 heterocycles. The number of fused-ring (bicyclic) bond motifs is 5. The quantitative estimate of drug-likeness (QED) is 0.552. The molecule has 170 valence electrons. The van der Waals surface area contributed by atoms with Gasteiger partial charge in [0, 0.05) is 19.0 Å². The number of nitrogens with one attached hydrogen (secondary N) is 1. The number of ether oxygens (including phenoxy) is 1. The predicted octanol–water partition coefficient (Wildman–Crippen LogP) is 1.53. The van der Waals surface area contributed by atoms with Gasteiger partial charge in [-0.15, -0.1) is 0 Å². The van der Waals surface area contributed by atoms with E-state index < -0.39 is 29.6 Å². The van der Waals surface area contributed by atoms with Crippen molar-refractivity contribution in [2.24, 2.45) is 0 Å². The zero-order chi connectivity index (χ0) is 23.0. The van der Waals surface area contributed by atoms with Crippen LogP contribution < -0.4 is 15.8 Å².